The molecule has 0 bridgehead atoms. The van der Waals surface area contributed by atoms with Crippen molar-refractivity contribution in [3.8, 4) is 0 Å². The fourth-order valence-corrected chi connectivity index (χ4v) is 2.57. The van der Waals surface area contributed by atoms with Crippen molar-refractivity contribution in [1.82, 2.24) is 0 Å². The summed E-state index contributed by atoms with van der Waals surface area (Å²) in [7, 11) is 0. The average Bonchev–Trinajstić information content (AvgIpc) is 2.42. The quantitative estimate of drug-likeness (QED) is 0.745. The van der Waals surface area contributed by atoms with E-state index in [2.05, 4.69) is 15.9 Å². The van der Waals surface area contributed by atoms with Crippen molar-refractivity contribution in [3.05, 3.63) is 27.2 Å². The Hall–Kier alpha value is -0.870. The molecule has 1 heterocycles. The molecule has 1 aromatic rings. The van der Waals surface area contributed by atoms with Crippen LogP contribution in [0, 0.1) is 0 Å². The van der Waals surface area contributed by atoms with Crippen molar-refractivity contribution >= 4 is 44.9 Å². The third-order valence-electron chi connectivity index (χ3n) is 2.30. The van der Waals surface area contributed by atoms with E-state index in [1.54, 1.807) is 19.1 Å². The molecule has 3 nitrogen and oxygen atoms in total. The number of amides is 1. The van der Waals surface area contributed by atoms with Gasteiger partial charge in [-0.2, -0.15) is 0 Å². The van der Waals surface area contributed by atoms with Gasteiger partial charge in [-0.15, -0.1) is 0 Å². The minimum atomic E-state index is -0.507. The molecule has 0 saturated heterocycles. The minimum absolute atomic E-state index is 0.376. The van der Waals surface area contributed by atoms with Crippen molar-refractivity contribution < 1.29 is 9.59 Å². The smallest absolute Gasteiger partial charge is 0.299 e. The van der Waals surface area contributed by atoms with Crippen LogP contribution in [0.15, 0.2) is 16.6 Å². The lowest BCUT2D eigenvalue weighted by atomic mass is 10.1. The Morgan fingerprint density at radius 1 is 1.40 bits per heavy atom. The monoisotopic (exact) mass is 287 g/mol. The number of rotatable bonds is 1. The van der Waals surface area contributed by atoms with Gasteiger partial charge in [0.2, 0.25) is 0 Å². The summed E-state index contributed by atoms with van der Waals surface area (Å²) in [4.78, 5) is 24.6. The van der Waals surface area contributed by atoms with E-state index in [0.717, 1.165) is 0 Å². The van der Waals surface area contributed by atoms with E-state index in [1.165, 1.54) is 4.90 Å². The second-order valence-corrected chi connectivity index (χ2v) is 4.49. The molecule has 0 atom stereocenters. The molecule has 0 spiro atoms. The number of anilines is 1. The van der Waals surface area contributed by atoms with Crippen molar-refractivity contribution in [2.75, 3.05) is 11.4 Å². The number of benzene rings is 1. The number of fused-ring (bicyclic) bond motifs is 1. The molecule has 0 N–H and O–H groups in total. The van der Waals surface area contributed by atoms with Gasteiger partial charge in [0, 0.05) is 11.0 Å². The van der Waals surface area contributed by atoms with Gasteiger partial charge < -0.3 is 4.90 Å². The topological polar surface area (TPSA) is 37.4 Å². The van der Waals surface area contributed by atoms with Gasteiger partial charge in [-0.1, -0.05) is 27.5 Å². The lowest BCUT2D eigenvalue weighted by Gasteiger charge is -2.14. The van der Waals surface area contributed by atoms with Crippen LogP contribution < -0.4 is 4.90 Å². The number of nitrogens with zero attached hydrogens (tertiary/aromatic N) is 1. The van der Waals surface area contributed by atoms with E-state index in [-0.39, 0.29) is 0 Å². The summed E-state index contributed by atoms with van der Waals surface area (Å²) in [6.45, 7) is 2.25. The Bertz CT molecular complexity index is 473. The molecule has 78 valence electrons. The molecule has 0 radical (unpaired) electrons. The van der Waals surface area contributed by atoms with Gasteiger partial charge in [0.05, 0.1) is 16.3 Å². The minimum Gasteiger partial charge on any atom is -0.304 e. The van der Waals surface area contributed by atoms with Gasteiger partial charge in [-0.05, 0) is 19.1 Å². The number of ketones is 1. The Labute approximate surface area is 100 Å². The van der Waals surface area contributed by atoms with Crippen LogP contribution in [0.25, 0.3) is 0 Å². The maximum absolute atomic E-state index is 11.6. The normalized spacial score (nSPS) is 14.7. The summed E-state index contributed by atoms with van der Waals surface area (Å²) >= 11 is 9.24. The van der Waals surface area contributed by atoms with Gasteiger partial charge in [-0.3, -0.25) is 9.59 Å². The third-order valence-corrected chi connectivity index (χ3v) is 3.04. The van der Waals surface area contributed by atoms with Crippen LogP contribution in [0.1, 0.15) is 17.3 Å². The second kappa shape index (κ2) is 3.61. The molecule has 1 aliphatic rings. The zero-order valence-corrected chi connectivity index (χ0v) is 10.2. The molecule has 0 unspecified atom stereocenters. The summed E-state index contributed by atoms with van der Waals surface area (Å²) in [6.07, 6.45) is 0. The third kappa shape index (κ3) is 1.48. The van der Waals surface area contributed by atoms with Crippen molar-refractivity contribution in [2.24, 2.45) is 0 Å². The van der Waals surface area contributed by atoms with Crippen LogP contribution in [-0.4, -0.2) is 18.2 Å². The van der Waals surface area contributed by atoms with Crippen molar-refractivity contribution in [1.29, 1.82) is 0 Å². The van der Waals surface area contributed by atoms with Crippen molar-refractivity contribution in [3.63, 3.8) is 0 Å². The highest BCUT2D eigenvalue weighted by Gasteiger charge is 2.36. The van der Waals surface area contributed by atoms with Gasteiger partial charge >= 0.3 is 0 Å². The molecule has 1 amide bonds. The fourth-order valence-electron chi connectivity index (χ4n) is 1.65. The molecule has 1 aliphatic heterocycles. The maximum Gasteiger partial charge on any atom is 0.299 e. The van der Waals surface area contributed by atoms with Crippen LogP contribution >= 0.6 is 27.5 Å². The SMILES string of the molecule is CCN1C(=O)C(=O)c2cc(Br)cc(Cl)c21. The number of halogens is 2. The molecule has 0 aliphatic carbocycles. The van der Waals surface area contributed by atoms with Crippen LogP contribution in [0.4, 0.5) is 5.69 Å². The summed E-state index contributed by atoms with van der Waals surface area (Å²) in [5.74, 6) is -0.998. The standard InChI is InChI=1S/C10H7BrClNO2/c1-2-13-8-6(9(14)10(13)15)3-5(11)4-7(8)12/h3-4H,2H2,1H3. The number of carbonyl (C=O) groups excluding carboxylic acids is 2. The zero-order chi connectivity index (χ0) is 11.2. The van der Waals surface area contributed by atoms with Crippen LogP contribution in [0.2, 0.25) is 5.02 Å². The number of likely N-dealkylation sites (N-methyl/N-ethyl adjacent to an activating group) is 1. The zero-order valence-electron chi connectivity index (χ0n) is 7.88. The van der Waals surface area contributed by atoms with Gasteiger partial charge in [0.1, 0.15) is 0 Å². The van der Waals surface area contributed by atoms with E-state index in [4.69, 9.17) is 11.6 Å². The van der Waals surface area contributed by atoms with E-state index < -0.39 is 11.7 Å². The van der Waals surface area contributed by atoms with E-state index >= 15 is 0 Å². The lowest BCUT2D eigenvalue weighted by molar-refractivity contribution is -0.114. The molecular weight excluding hydrogens is 281 g/mol. The molecule has 0 saturated carbocycles. The second-order valence-electron chi connectivity index (χ2n) is 3.16. The van der Waals surface area contributed by atoms with Crippen LogP contribution in [-0.2, 0) is 4.79 Å². The molecule has 5 heteroatoms. The first-order valence-electron chi connectivity index (χ1n) is 4.41. The Morgan fingerprint density at radius 2 is 2.07 bits per heavy atom. The number of hydrogen-bond donors (Lipinski definition) is 0. The number of hydrogen-bond acceptors (Lipinski definition) is 2. The van der Waals surface area contributed by atoms with E-state index in [9.17, 15) is 9.59 Å². The maximum atomic E-state index is 11.6. The Morgan fingerprint density at radius 3 is 2.67 bits per heavy atom. The number of carbonyl (C=O) groups is 2. The lowest BCUT2D eigenvalue weighted by Crippen LogP contribution is -2.29. The average molecular weight is 289 g/mol. The highest BCUT2D eigenvalue weighted by molar-refractivity contribution is 9.10. The Kier molecular flexibility index (Phi) is 2.56. The highest BCUT2D eigenvalue weighted by Crippen LogP contribution is 2.37. The van der Waals surface area contributed by atoms with Gasteiger partial charge in [-0.25, -0.2) is 0 Å². The van der Waals surface area contributed by atoms with E-state index in [0.29, 0.717) is 27.3 Å². The highest BCUT2D eigenvalue weighted by atomic mass is 79.9. The molecule has 1 aromatic carbocycles. The summed E-state index contributed by atoms with van der Waals surface area (Å²) in [5.41, 5.74) is 0.901. The summed E-state index contributed by atoms with van der Waals surface area (Å²) in [5, 5.41) is 0.417. The summed E-state index contributed by atoms with van der Waals surface area (Å²) < 4.78 is 0.699. The van der Waals surface area contributed by atoms with Crippen LogP contribution in [0.3, 0.4) is 0 Å². The predicted octanol–water partition coefficient (Wildman–Crippen LogP) is 2.65. The van der Waals surface area contributed by atoms with Gasteiger partial charge in [0.15, 0.2) is 0 Å². The molecule has 0 fully saturated rings. The van der Waals surface area contributed by atoms with Crippen molar-refractivity contribution in [2.45, 2.75) is 6.92 Å². The molecule has 0 aromatic heterocycles. The fraction of sp³-hybridized carbons (Fsp3) is 0.200. The molecular formula is C10H7BrClNO2. The molecule has 15 heavy (non-hydrogen) atoms. The number of Topliss-reactive ketones (excluding diaryl/α,β-unsaturated/α-hetero) is 1. The van der Waals surface area contributed by atoms with Gasteiger partial charge in [0.25, 0.3) is 11.7 Å². The largest absolute Gasteiger partial charge is 0.304 e. The predicted molar refractivity (Wildman–Crippen MR) is 61.5 cm³/mol. The van der Waals surface area contributed by atoms with E-state index in [1.807, 2.05) is 0 Å². The molecule has 2 rings (SSSR count). The Balaban J connectivity index is 2.70. The summed E-state index contributed by atoms with van der Waals surface area (Å²) in [6, 6.07) is 3.30. The van der Waals surface area contributed by atoms with Crippen LogP contribution in [0.5, 0.6) is 0 Å². The first-order valence-corrected chi connectivity index (χ1v) is 5.58. The first-order chi connectivity index (χ1) is 7.06. The first kappa shape index (κ1) is 10.6.